The highest BCUT2D eigenvalue weighted by Crippen LogP contribution is 2.37. The minimum absolute atomic E-state index is 0.209. The summed E-state index contributed by atoms with van der Waals surface area (Å²) in [5, 5.41) is 3.34. The van der Waals surface area contributed by atoms with Gasteiger partial charge in [-0.1, -0.05) is 23.2 Å². The van der Waals surface area contributed by atoms with Gasteiger partial charge in [0.25, 0.3) is 0 Å². The van der Waals surface area contributed by atoms with Gasteiger partial charge in [0.2, 0.25) is 0 Å². The molecule has 0 saturated heterocycles. The van der Waals surface area contributed by atoms with E-state index in [2.05, 4.69) is 9.71 Å². The quantitative estimate of drug-likeness (QED) is 0.196. The van der Waals surface area contributed by atoms with Crippen LogP contribution in [0.2, 0.25) is 10.0 Å². The Morgan fingerprint density at radius 1 is 1.26 bits per heavy atom. The molecule has 0 bridgehead atoms. The Morgan fingerprint density at radius 3 is 2.82 bits per heavy atom. The van der Waals surface area contributed by atoms with E-state index < -0.39 is 5.82 Å². The maximum Gasteiger partial charge on any atom is 0.320 e. The fraction of sp³-hybridized carbons (Fsp3) is 0.304. The summed E-state index contributed by atoms with van der Waals surface area (Å²) < 4.78 is 28.6. The molecule has 182 valence electrons. The van der Waals surface area contributed by atoms with Crippen LogP contribution in [0.3, 0.4) is 0 Å². The van der Waals surface area contributed by atoms with Crippen molar-refractivity contribution < 1.29 is 18.7 Å². The van der Waals surface area contributed by atoms with Crippen molar-refractivity contribution in [2.45, 2.75) is 24.7 Å². The molecule has 1 aromatic heterocycles. The lowest BCUT2D eigenvalue weighted by Gasteiger charge is -2.17. The number of aromatic nitrogens is 1. The Hall–Kier alpha value is -2.04. The average molecular weight is 545 g/mol. The zero-order valence-corrected chi connectivity index (χ0v) is 21.8. The third kappa shape index (κ3) is 8.02. The number of carbonyl (C=O) groups is 1. The van der Waals surface area contributed by atoms with Gasteiger partial charge in [-0.15, -0.1) is 11.3 Å². The standard InChI is InChI=1S/C23H24Cl2FN3O3S2/c1-3-31-22(30)14-29(2)9-4-5-15-11-16(24)6-7-19(15)32-20-13-18(26)21(12-17(20)25)34-28-23-27-8-10-33-23/h6-8,10-13H,3-5,9,14H2,1-2H3,(H,27,28). The number of hydrogen-bond acceptors (Lipinski definition) is 8. The molecule has 0 spiro atoms. The number of aryl methyl sites for hydroxylation is 1. The molecule has 0 aliphatic carbocycles. The maximum absolute atomic E-state index is 14.7. The first kappa shape index (κ1) is 26.6. The monoisotopic (exact) mass is 543 g/mol. The van der Waals surface area contributed by atoms with Crippen molar-refractivity contribution in [2.75, 3.05) is 31.5 Å². The summed E-state index contributed by atoms with van der Waals surface area (Å²) in [6, 6.07) is 8.03. The van der Waals surface area contributed by atoms with Gasteiger partial charge in [-0.3, -0.25) is 9.69 Å². The number of esters is 1. The van der Waals surface area contributed by atoms with Crippen LogP contribution in [-0.2, 0) is 16.0 Å². The molecule has 0 amide bonds. The van der Waals surface area contributed by atoms with Gasteiger partial charge in [0.1, 0.15) is 17.3 Å². The fourth-order valence-corrected chi connectivity index (χ4v) is 4.78. The van der Waals surface area contributed by atoms with Crippen LogP contribution in [0, 0.1) is 5.82 Å². The predicted molar refractivity (Wildman–Crippen MR) is 137 cm³/mol. The number of rotatable bonds is 12. The van der Waals surface area contributed by atoms with Crippen LogP contribution >= 0.6 is 46.5 Å². The molecule has 34 heavy (non-hydrogen) atoms. The van der Waals surface area contributed by atoms with Gasteiger partial charge in [-0.2, -0.15) is 0 Å². The molecule has 0 aliphatic rings. The number of anilines is 1. The topological polar surface area (TPSA) is 63.7 Å². The second kappa shape index (κ2) is 13.2. The largest absolute Gasteiger partial charge is 0.465 e. The first-order valence-electron chi connectivity index (χ1n) is 10.5. The van der Waals surface area contributed by atoms with E-state index in [1.165, 1.54) is 23.5 Å². The minimum Gasteiger partial charge on any atom is -0.465 e. The molecule has 0 atom stereocenters. The molecule has 2 aromatic carbocycles. The number of halogens is 3. The summed E-state index contributed by atoms with van der Waals surface area (Å²) >= 11 is 15.1. The summed E-state index contributed by atoms with van der Waals surface area (Å²) in [5.41, 5.74) is 0.859. The van der Waals surface area contributed by atoms with Gasteiger partial charge < -0.3 is 14.2 Å². The van der Waals surface area contributed by atoms with Gasteiger partial charge in [0.05, 0.1) is 23.1 Å². The van der Waals surface area contributed by atoms with Gasteiger partial charge in [-0.05, 0) is 75.1 Å². The van der Waals surface area contributed by atoms with Gasteiger partial charge in [0.15, 0.2) is 5.13 Å². The Labute approximate surface area is 216 Å². The number of nitrogens with zero attached hydrogens (tertiary/aromatic N) is 2. The Morgan fingerprint density at radius 2 is 2.09 bits per heavy atom. The lowest BCUT2D eigenvalue weighted by Crippen LogP contribution is -2.28. The SMILES string of the molecule is CCOC(=O)CN(C)CCCc1cc(Cl)ccc1Oc1cc(F)c(SNc2nccs2)cc1Cl. The van der Waals surface area contributed by atoms with Crippen molar-refractivity contribution >= 4 is 57.6 Å². The molecule has 11 heteroatoms. The molecule has 6 nitrogen and oxygen atoms in total. The van der Waals surface area contributed by atoms with E-state index >= 15 is 0 Å². The molecule has 1 N–H and O–H groups in total. The van der Waals surface area contributed by atoms with E-state index in [1.54, 1.807) is 25.3 Å². The summed E-state index contributed by atoms with van der Waals surface area (Å²) in [6.07, 6.45) is 3.07. The first-order chi connectivity index (χ1) is 16.4. The number of benzene rings is 2. The minimum atomic E-state index is -0.468. The van der Waals surface area contributed by atoms with Crippen molar-refractivity contribution in [3.8, 4) is 11.5 Å². The lowest BCUT2D eigenvalue weighted by atomic mass is 10.1. The number of likely N-dealkylation sites (N-methyl/N-ethyl adjacent to an activating group) is 1. The molecule has 3 aromatic rings. The predicted octanol–water partition coefficient (Wildman–Crippen LogP) is 6.93. The molecule has 0 radical (unpaired) electrons. The van der Waals surface area contributed by atoms with E-state index in [4.69, 9.17) is 32.7 Å². The zero-order valence-electron chi connectivity index (χ0n) is 18.6. The number of ether oxygens (including phenoxy) is 2. The average Bonchev–Trinajstić information content (AvgIpc) is 3.30. The first-order valence-corrected chi connectivity index (χ1v) is 12.9. The highest BCUT2D eigenvalue weighted by molar-refractivity contribution is 8.00. The Bertz CT molecular complexity index is 1100. The molecule has 0 saturated carbocycles. The third-order valence-corrected chi connectivity index (χ3v) is 6.78. The third-order valence-electron chi connectivity index (χ3n) is 4.60. The van der Waals surface area contributed by atoms with E-state index in [-0.39, 0.29) is 23.3 Å². The van der Waals surface area contributed by atoms with Crippen LogP contribution in [0.1, 0.15) is 18.9 Å². The summed E-state index contributed by atoms with van der Waals surface area (Å²) in [5.74, 6) is 0.0299. The molecule has 0 aliphatic heterocycles. The van der Waals surface area contributed by atoms with Crippen LogP contribution in [0.25, 0.3) is 0 Å². The second-order valence-corrected chi connectivity index (χ2v) is 9.84. The summed E-state index contributed by atoms with van der Waals surface area (Å²) in [6.45, 7) is 3.05. The number of carbonyl (C=O) groups excluding carboxylic acids is 1. The highest BCUT2D eigenvalue weighted by Gasteiger charge is 2.15. The Balaban J connectivity index is 1.64. The van der Waals surface area contributed by atoms with E-state index in [0.29, 0.717) is 40.4 Å². The molecule has 3 rings (SSSR count). The molecule has 1 heterocycles. The Kier molecular flexibility index (Phi) is 10.3. The van der Waals surface area contributed by atoms with Crippen LogP contribution in [0.5, 0.6) is 11.5 Å². The van der Waals surface area contributed by atoms with Crippen LogP contribution in [0.4, 0.5) is 9.52 Å². The molecule has 0 unspecified atom stereocenters. The normalized spacial score (nSPS) is 11.0. The highest BCUT2D eigenvalue weighted by atomic mass is 35.5. The van der Waals surface area contributed by atoms with E-state index in [1.807, 2.05) is 23.4 Å². The van der Waals surface area contributed by atoms with Crippen molar-refractivity contribution in [1.82, 2.24) is 9.88 Å². The number of nitrogens with one attached hydrogen (secondary N) is 1. The van der Waals surface area contributed by atoms with E-state index in [0.717, 1.165) is 23.9 Å². The van der Waals surface area contributed by atoms with Gasteiger partial charge >= 0.3 is 5.97 Å². The number of hydrogen-bond donors (Lipinski definition) is 1. The smallest absolute Gasteiger partial charge is 0.320 e. The summed E-state index contributed by atoms with van der Waals surface area (Å²) in [7, 11) is 1.86. The maximum atomic E-state index is 14.7. The fourth-order valence-electron chi connectivity index (χ4n) is 3.05. The van der Waals surface area contributed by atoms with Crippen LogP contribution < -0.4 is 9.46 Å². The number of thiazole rings is 1. The van der Waals surface area contributed by atoms with Crippen molar-refractivity contribution in [3.05, 3.63) is 63.3 Å². The van der Waals surface area contributed by atoms with E-state index in [9.17, 15) is 9.18 Å². The lowest BCUT2D eigenvalue weighted by molar-refractivity contribution is -0.144. The van der Waals surface area contributed by atoms with Crippen molar-refractivity contribution in [1.29, 1.82) is 0 Å². The second-order valence-electron chi connectivity index (χ2n) is 7.25. The van der Waals surface area contributed by atoms with Gasteiger partial charge in [-0.25, -0.2) is 9.37 Å². The van der Waals surface area contributed by atoms with Crippen LogP contribution in [0.15, 0.2) is 46.8 Å². The van der Waals surface area contributed by atoms with Crippen LogP contribution in [-0.4, -0.2) is 42.6 Å². The molecule has 0 fully saturated rings. The summed E-state index contributed by atoms with van der Waals surface area (Å²) in [4.78, 5) is 17.9. The molecular formula is C23H24Cl2FN3O3S2. The van der Waals surface area contributed by atoms with Crippen molar-refractivity contribution in [3.63, 3.8) is 0 Å². The zero-order chi connectivity index (χ0) is 24.5. The van der Waals surface area contributed by atoms with Crippen molar-refractivity contribution in [2.24, 2.45) is 0 Å². The molecular weight excluding hydrogens is 520 g/mol. The van der Waals surface area contributed by atoms with Gasteiger partial charge in [0, 0.05) is 22.7 Å².